The maximum atomic E-state index is 13.1. The van der Waals surface area contributed by atoms with Crippen molar-refractivity contribution < 1.29 is 22.5 Å². The Morgan fingerprint density at radius 3 is 2.52 bits per heavy atom. The third-order valence-electron chi connectivity index (χ3n) is 4.48. The number of nitro groups is 1. The van der Waals surface area contributed by atoms with Crippen molar-refractivity contribution in [1.82, 2.24) is 4.90 Å². The Morgan fingerprint density at radius 2 is 1.93 bits per heavy atom. The molecule has 2 aromatic carbocycles. The number of benzene rings is 2. The number of hydrogen-bond donors (Lipinski definition) is 0. The first kappa shape index (κ1) is 19.0. The standard InChI is InChI=1S/C18H17FN2O5S/c19-15-6-4-13(5-7-15)11-20(17-8-9-27(25,26)12-17)18(22)14-2-1-3-16(10-14)21(23)24/h1-7,10,17H,8-9,11-12H2. The number of rotatable bonds is 5. The van der Waals surface area contributed by atoms with E-state index >= 15 is 0 Å². The quantitative estimate of drug-likeness (QED) is 0.575. The van der Waals surface area contributed by atoms with Crippen LogP contribution in [0.3, 0.4) is 0 Å². The summed E-state index contributed by atoms with van der Waals surface area (Å²) in [6.07, 6.45) is 0.296. The summed E-state index contributed by atoms with van der Waals surface area (Å²) in [6.45, 7) is 0.0853. The molecule has 0 N–H and O–H groups in total. The number of hydrogen-bond acceptors (Lipinski definition) is 5. The zero-order valence-electron chi connectivity index (χ0n) is 14.2. The molecule has 1 amide bonds. The molecule has 0 saturated carbocycles. The Hall–Kier alpha value is -2.81. The van der Waals surface area contributed by atoms with Gasteiger partial charge in [-0.25, -0.2) is 12.8 Å². The molecule has 3 rings (SSSR count). The number of sulfone groups is 1. The SMILES string of the molecule is O=C(c1cccc([N+](=O)[O-])c1)N(Cc1ccc(F)cc1)C1CCS(=O)(=O)C1. The van der Waals surface area contributed by atoms with E-state index in [1.54, 1.807) is 0 Å². The normalized spacial score (nSPS) is 18.2. The minimum absolute atomic E-state index is 0.0141. The lowest BCUT2D eigenvalue weighted by atomic mass is 10.1. The summed E-state index contributed by atoms with van der Waals surface area (Å²) in [4.78, 5) is 24.8. The minimum atomic E-state index is -3.24. The number of amides is 1. The Morgan fingerprint density at radius 1 is 1.22 bits per heavy atom. The molecular weight excluding hydrogens is 375 g/mol. The van der Waals surface area contributed by atoms with E-state index in [9.17, 15) is 27.7 Å². The van der Waals surface area contributed by atoms with Crippen LogP contribution >= 0.6 is 0 Å². The highest BCUT2D eigenvalue weighted by Crippen LogP contribution is 2.24. The maximum Gasteiger partial charge on any atom is 0.270 e. The molecule has 0 bridgehead atoms. The van der Waals surface area contributed by atoms with Gasteiger partial charge in [0.15, 0.2) is 9.84 Å². The molecule has 0 radical (unpaired) electrons. The van der Waals surface area contributed by atoms with Gasteiger partial charge in [-0.1, -0.05) is 18.2 Å². The fourth-order valence-electron chi connectivity index (χ4n) is 3.09. The monoisotopic (exact) mass is 392 g/mol. The van der Waals surface area contributed by atoms with Crippen molar-refractivity contribution in [3.05, 3.63) is 75.6 Å². The van der Waals surface area contributed by atoms with E-state index < -0.39 is 32.5 Å². The highest BCUT2D eigenvalue weighted by molar-refractivity contribution is 7.91. The van der Waals surface area contributed by atoms with Gasteiger partial charge in [0, 0.05) is 30.3 Å². The average molecular weight is 392 g/mol. The second-order valence-electron chi connectivity index (χ2n) is 6.42. The summed E-state index contributed by atoms with van der Waals surface area (Å²) in [5, 5.41) is 11.0. The smallest absolute Gasteiger partial charge is 0.270 e. The van der Waals surface area contributed by atoms with Crippen LogP contribution in [-0.2, 0) is 16.4 Å². The molecule has 27 heavy (non-hydrogen) atoms. The van der Waals surface area contributed by atoms with Gasteiger partial charge < -0.3 is 4.90 Å². The first-order valence-corrected chi connectivity index (χ1v) is 10.1. The number of nitro benzene ring substituents is 1. The zero-order chi connectivity index (χ0) is 19.6. The van der Waals surface area contributed by atoms with Gasteiger partial charge in [0.05, 0.1) is 16.4 Å². The number of carbonyl (C=O) groups is 1. The zero-order valence-corrected chi connectivity index (χ0v) is 15.1. The van der Waals surface area contributed by atoms with Gasteiger partial charge in [-0.15, -0.1) is 0 Å². The second-order valence-corrected chi connectivity index (χ2v) is 8.65. The average Bonchev–Trinajstić information content (AvgIpc) is 3.00. The van der Waals surface area contributed by atoms with Crippen LogP contribution in [0.15, 0.2) is 48.5 Å². The highest BCUT2D eigenvalue weighted by Gasteiger charge is 2.35. The first-order valence-electron chi connectivity index (χ1n) is 8.25. The summed E-state index contributed by atoms with van der Waals surface area (Å²) in [5.74, 6) is -1.09. The number of nitrogens with zero attached hydrogens (tertiary/aromatic N) is 2. The van der Waals surface area contributed by atoms with Crippen LogP contribution in [0.4, 0.5) is 10.1 Å². The van der Waals surface area contributed by atoms with Gasteiger partial charge in [-0.05, 0) is 30.2 Å². The van der Waals surface area contributed by atoms with E-state index in [-0.39, 0.29) is 29.3 Å². The molecule has 7 nitrogen and oxygen atoms in total. The summed E-state index contributed by atoms with van der Waals surface area (Å²) in [7, 11) is -3.24. The van der Waals surface area contributed by atoms with E-state index in [4.69, 9.17) is 0 Å². The van der Waals surface area contributed by atoms with Gasteiger partial charge in [-0.3, -0.25) is 14.9 Å². The molecular formula is C18H17FN2O5S. The molecule has 1 aliphatic heterocycles. The summed E-state index contributed by atoms with van der Waals surface area (Å²) in [5.41, 5.74) is 0.525. The Kier molecular flexibility index (Phi) is 5.22. The molecule has 0 aromatic heterocycles. The number of carbonyl (C=O) groups excluding carboxylic acids is 1. The van der Waals surface area contributed by atoms with Gasteiger partial charge in [-0.2, -0.15) is 0 Å². The fraction of sp³-hybridized carbons (Fsp3) is 0.278. The van der Waals surface area contributed by atoms with Crippen molar-refractivity contribution in [1.29, 1.82) is 0 Å². The van der Waals surface area contributed by atoms with Crippen LogP contribution in [0.5, 0.6) is 0 Å². The Bertz CT molecular complexity index is 976. The lowest BCUT2D eigenvalue weighted by Gasteiger charge is -2.28. The molecule has 9 heteroatoms. The molecule has 1 atom stereocenters. The van der Waals surface area contributed by atoms with Crippen LogP contribution in [0, 0.1) is 15.9 Å². The van der Waals surface area contributed by atoms with E-state index in [2.05, 4.69) is 0 Å². The second kappa shape index (κ2) is 7.43. The van der Waals surface area contributed by atoms with Gasteiger partial charge in [0.2, 0.25) is 0 Å². The molecule has 142 valence electrons. The van der Waals surface area contributed by atoms with E-state index in [0.29, 0.717) is 12.0 Å². The van der Waals surface area contributed by atoms with Crippen LogP contribution in [0.25, 0.3) is 0 Å². The molecule has 1 saturated heterocycles. The van der Waals surface area contributed by atoms with Crippen molar-refractivity contribution in [2.45, 2.75) is 19.0 Å². The van der Waals surface area contributed by atoms with E-state index in [1.807, 2.05) is 0 Å². The predicted molar refractivity (Wildman–Crippen MR) is 96.4 cm³/mol. The number of non-ortho nitro benzene ring substituents is 1. The van der Waals surface area contributed by atoms with E-state index in [0.717, 1.165) is 0 Å². The van der Waals surface area contributed by atoms with Crippen molar-refractivity contribution in [2.24, 2.45) is 0 Å². The van der Waals surface area contributed by atoms with E-state index in [1.165, 1.54) is 53.4 Å². The fourth-order valence-corrected chi connectivity index (χ4v) is 4.82. The minimum Gasteiger partial charge on any atom is -0.330 e. The van der Waals surface area contributed by atoms with Gasteiger partial charge in [0.1, 0.15) is 5.82 Å². The summed E-state index contributed by atoms with van der Waals surface area (Å²) < 4.78 is 36.9. The molecule has 0 spiro atoms. The summed E-state index contributed by atoms with van der Waals surface area (Å²) in [6, 6.07) is 10.3. The van der Waals surface area contributed by atoms with Crippen LogP contribution in [0.1, 0.15) is 22.3 Å². The summed E-state index contributed by atoms with van der Waals surface area (Å²) >= 11 is 0. The van der Waals surface area contributed by atoms with Crippen LogP contribution < -0.4 is 0 Å². The Labute approximate surface area is 155 Å². The van der Waals surface area contributed by atoms with Crippen molar-refractivity contribution in [3.63, 3.8) is 0 Å². The highest BCUT2D eigenvalue weighted by atomic mass is 32.2. The van der Waals surface area contributed by atoms with Crippen molar-refractivity contribution in [3.8, 4) is 0 Å². The Balaban J connectivity index is 1.93. The number of halogens is 1. The first-order chi connectivity index (χ1) is 12.7. The van der Waals surface area contributed by atoms with Crippen LogP contribution in [0.2, 0.25) is 0 Å². The molecule has 1 fully saturated rings. The van der Waals surface area contributed by atoms with Gasteiger partial charge >= 0.3 is 0 Å². The predicted octanol–water partition coefficient (Wildman–Crippen LogP) is 2.56. The maximum absolute atomic E-state index is 13.1. The third-order valence-corrected chi connectivity index (χ3v) is 6.23. The van der Waals surface area contributed by atoms with Crippen LogP contribution in [-0.4, -0.2) is 41.7 Å². The third kappa shape index (κ3) is 4.48. The molecule has 2 aromatic rings. The topological polar surface area (TPSA) is 97.6 Å². The van der Waals surface area contributed by atoms with Crippen molar-refractivity contribution in [2.75, 3.05) is 11.5 Å². The van der Waals surface area contributed by atoms with Crippen molar-refractivity contribution >= 4 is 21.4 Å². The largest absolute Gasteiger partial charge is 0.330 e. The molecule has 1 heterocycles. The lowest BCUT2D eigenvalue weighted by Crippen LogP contribution is -2.40. The molecule has 1 aliphatic rings. The lowest BCUT2D eigenvalue weighted by molar-refractivity contribution is -0.384. The molecule has 1 unspecified atom stereocenters. The molecule has 0 aliphatic carbocycles. The van der Waals surface area contributed by atoms with Gasteiger partial charge in [0.25, 0.3) is 11.6 Å².